The van der Waals surface area contributed by atoms with Gasteiger partial charge in [-0.15, -0.1) is 11.3 Å². The van der Waals surface area contributed by atoms with E-state index >= 15 is 0 Å². The molecule has 2 aliphatic rings. The summed E-state index contributed by atoms with van der Waals surface area (Å²) in [5, 5.41) is 55.2. The number of alkyl carbamates (subject to hydrolysis) is 1. The highest BCUT2D eigenvalue weighted by molar-refractivity contribution is 7.98. The standard InChI is InChI=1S/C70H99N9O18S2/c1-12-41(4)57(52(93-9)36-56(84)79-30-19-22-49(79)61(94-10)42(5)50(80)34-45(64-73-29-31-99-64)32-43-20-15-13-16-21-43)78(8)65(89)47(40(2)3)35-53(81)70(6,7)77-69(92)95-39-44-24-25-51(96-67-60(87)58(85)59(86)62(97-67)66(90)91)48(33-44)76-55(83)26-28-71-54(82)23-17-14-18-27-72-63(88)46-37-74-68(98-11)75-38-46/h13,15-16,20-21,24-25,29,31,33,37-38,40-42,45,47,49,52,57-62,67,85-87H,12,14,17-19,22-23,26-28,30,32,34-36,39H2,1-11H3,(H,71,82)(H,72,88)(H,76,83)(H,77,92)(H,90,91)/t41-,42-,45+,47-,49-,52+,57-,58-,59-,60+,61+,62-,67+/m0/s1. The lowest BCUT2D eigenvalue weighted by Crippen LogP contribution is -2.61. The number of unbranched alkanes of at least 4 members (excludes halogenated alkanes) is 2. The number of nitrogens with zero attached hydrogens (tertiary/aromatic N) is 5. The molecule has 0 aliphatic carbocycles. The van der Waals surface area contributed by atoms with Gasteiger partial charge in [0.1, 0.15) is 36.5 Å². The van der Waals surface area contributed by atoms with Gasteiger partial charge < -0.3 is 75.2 Å². The quantitative estimate of drug-likeness (QED) is 0.0134. The first-order valence-electron chi connectivity index (χ1n) is 33.6. The fraction of sp³-hybridized carbons (Fsp3) is 0.600. The zero-order valence-electron chi connectivity index (χ0n) is 58.4. The predicted octanol–water partition coefficient (Wildman–Crippen LogP) is 6.50. The minimum atomic E-state index is -2.02. The number of carbonyl (C=O) groups excluding carboxylic acids is 8. The van der Waals surface area contributed by atoms with Crippen molar-refractivity contribution in [3.05, 3.63) is 94.2 Å². The van der Waals surface area contributed by atoms with E-state index in [-0.39, 0.29) is 109 Å². The summed E-state index contributed by atoms with van der Waals surface area (Å²) in [5.74, 6) is -6.28. The Morgan fingerprint density at radius 2 is 1.56 bits per heavy atom. The molecule has 2 saturated heterocycles. The molecular formula is C70H99N9O18S2. The number of carboxylic acids is 1. The summed E-state index contributed by atoms with van der Waals surface area (Å²) < 4.78 is 28.9. The summed E-state index contributed by atoms with van der Waals surface area (Å²) in [7, 11) is 4.73. The Morgan fingerprint density at radius 3 is 2.19 bits per heavy atom. The van der Waals surface area contributed by atoms with Gasteiger partial charge in [-0.3, -0.25) is 33.6 Å². The first kappa shape index (κ1) is 80.5. The molecule has 27 nitrogen and oxygen atoms in total. The van der Waals surface area contributed by atoms with E-state index in [4.69, 9.17) is 23.7 Å². The molecule has 2 aromatic heterocycles. The number of aliphatic hydroxyl groups is 3. The molecule has 2 fully saturated rings. The van der Waals surface area contributed by atoms with E-state index in [9.17, 15) is 63.6 Å². The van der Waals surface area contributed by atoms with Crippen LogP contribution in [0, 0.1) is 23.7 Å². The molecule has 99 heavy (non-hydrogen) atoms. The SMILES string of the molecule is CC[C@H](C)[C@@H]([C@@H](CC(=O)N1CCC[C@H]1[C@H](OC)[C@@H](C)C(=O)C[C@@H](Cc1ccccc1)c1nccs1)OC)N(C)C(=O)[C@@H](CC(=O)C(C)(C)NC(=O)OCc1ccc(O[C@@H]2O[C@H](C(=O)O)[C@@H](O)[C@H](O)[C@H]2O)c(NC(=O)CCNC(=O)CCCCCNC(=O)c2cnc(SC)nc2)c1)C(C)C. The number of Topliss-reactive ketones (excluding diaryl/α,β-unsaturated/α-hetero) is 2. The average molecular weight is 1420 g/mol. The Bertz CT molecular complexity index is 3310. The number of nitrogens with one attached hydrogen (secondary N) is 4. The van der Waals surface area contributed by atoms with Gasteiger partial charge in [0.15, 0.2) is 17.0 Å². The topological polar surface area (TPSA) is 374 Å². The van der Waals surface area contributed by atoms with E-state index in [0.29, 0.717) is 68.8 Å². The summed E-state index contributed by atoms with van der Waals surface area (Å²) >= 11 is 2.88. The fourth-order valence-corrected chi connectivity index (χ4v) is 13.4. The Labute approximate surface area is 587 Å². The van der Waals surface area contributed by atoms with Crippen LogP contribution in [-0.2, 0) is 65.5 Å². The highest BCUT2D eigenvalue weighted by atomic mass is 32.2. The number of aliphatic hydroxyl groups excluding tert-OH is 3. The maximum atomic E-state index is 14.9. The van der Waals surface area contributed by atoms with Crippen LogP contribution >= 0.6 is 23.1 Å². The minimum Gasteiger partial charge on any atom is -0.479 e. The number of carbonyl (C=O) groups is 9. The number of aliphatic carboxylic acids is 1. The highest BCUT2D eigenvalue weighted by Crippen LogP contribution is 2.36. The van der Waals surface area contributed by atoms with Gasteiger partial charge in [0.25, 0.3) is 5.91 Å². The smallest absolute Gasteiger partial charge is 0.408 e. The van der Waals surface area contributed by atoms with Crippen molar-refractivity contribution in [2.24, 2.45) is 23.7 Å². The van der Waals surface area contributed by atoms with Gasteiger partial charge in [0.05, 0.1) is 52.5 Å². The van der Waals surface area contributed by atoms with E-state index in [1.807, 2.05) is 76.6 Å². The van der Waals surface area contributed by atoms with Crippen LogP contribution in [-0.4, -0.2) is 206 Å². The van der Waals surface area contributed by atoms with E-state index < -0.39 is 96.7 Å². The summed E-state index contributed by atoms with van der Waals surface area (Å²) in [6.07, 6.45) is -1.67. The summed E-state index contributed by atoms with van der Waals surface area (Å²) in [5.41, 5.74) is -0.00414. The van der Waals surface area contributed by atoms with Crippen molar-refractivity contribution >= 4 is 82.0 Å². The Morgan fingerprint density at radius 1 is 0.838 bits per heavy atom. The van der Waals surface area contributed by atoms with E-state index in [0.717, 1.165) is 10.6 Å². The lowest BCUT2D eigenvalue weighted by molar-refractivity contribution is -0.271. The molecule has 4 aromatic rings. The molecule has 0 radical (unpaired) electrons. The van der Waals surface area contributed by atoms with Gasteiger partial charge in [0.2, 0.25) is 29.9 Å². The maximum absolute atomic E-state index is 14.9. The largest absolute Gasteiger partial charge is 0.479 e. The number of amides is 6. The number of methoxy groups -OCH3 is 2. The molecule has 6 amide bonds. The molecule has 6 rings (SSSR count). The molecule has 2 aromatic carbocycles. The van der Waals surface area contributed by atoms with Crippen molar-refractivity contribution < 1.29 is 87.3 Å². The Kier molecular flexibility index (Phi) is 31.6. The number of rotatable bonds is 39. The molecule has 4 heterocycles. The van der Waals surface area contributed by atoms with Gasteiger partial charge in [0, 0.05) is 108 Å². The number of benzene rings is 2. The summed E-state index contributed by atoms with van der Waals surface area (Å²) in [4.78, 5) is 138. The second-order valence-electron chi connectivity index (χ2n) is 26.2. The summed E-state index contributed by atoms with van der Waals surface area (Å²) in [6, 6.07) is 13.0. The monoisotopic (exact) mass is 1420 g/mol. The van der Waals surface area contributed by atoms with Gasteiger partial charge in [-0.2, -0.15) is 0 Å². The lowest BCUT2D eigenvalue weighted by Gasteiger charge is -2.41. The number of thiazole rings is 1. The van der Waals surface area contributed by atoms with Gasteiger partial charge >= 0.3 is 12.1 Å². The fourth-order valence-electron chi connectivity index (χ4n) is 12.4. The van der Waals surface area contributed by atoms with Crippen LogP contribution in [0.1, 0.15) is 152 Å². The molecule has 544 valence electrons. The van der Waals surface area contributed by atoms with Crippen LogP contribution in [0.2, 0.25) is 0 Å². The molecule has 0 bridgehead atoms. The first-order valence-corrected chi connectivity index (χ1v) is 35.7. The Balaban J connectivity index is 1.05. The number of likely N-dealkylation sites (tertiary alicyclic amines) is 1. The van der Waals surface area contributed by atoms with Crippen LogP contribution in [0.3, 0.4) is 0 Å². The molecule has 0 unspecified atom stereocenters. The van der Waals surface area contributed by atoms with Crippen LogP contribution in [0.15, 0.2) is 77.7 Å². The van der Waals surface area contributed by atoms with Crippen molar-refractivity contribution in [1.29, 1.82) is 0 Å². The van der Waals surface area contributed by atoms with Crippen LogP contribution < -0.4 is 26.0 Å². The number of likely N-dealkylation sites (N-methyl/N-ethyl adjacent to an activating group) is 1. The second-order valence-corrected chi connectivity index (χ2v) is 27.9. The third kappa shape index (κ3) is 23.0. The normalized spacial score (nSPS) is 19.9. The summed E-state index contributed by atoms with van der Waals surface area (Å²) in [6.45, 7) is 12.7. The van der Waals surface area contributed by atoms with Crippen LogP contribution in [0.5, 0.6) is 5.75 Å². The molecule has 0 saturated carbocycles. The van der Waals surface area contributed by atoms with Crippen molar-refractivity contribution in [2.45, 2.75) is 204 Å². The van der Waals surface area contributed by atoms with Crippen molar-refractivity contribution in [3.63, 3.8) is 0 Å². The molecule has 2 aliphatic heterocycles. The third-order valence-electron chi connectivity index (χ3n) is 18.4. The molecule has 8 N–H and O–H groups in total. The van der Waals surface area contributed by atoms with Gasteiger partial charge in [-0.1, -0.05) is 95.6 Å². The highest BCUT2D eigenvalue weighted by Gasteiger charge is 2.49. The number of ether oxygens (including phenoxy) is 5. The van der Waals surface area contributed by atoms with Crippen molar-refractivity contribution in [3.8, 4) is 5.75 Å². The van der Waals surface area contributed by atoms with Crippen LogP contribution in [0.4, 0.5) is 10.5 Å². The second kappa shape index (κ2) is 38.9. The maximum Gasteiger partial charge on any atom is 0.408 e. The lowest BCUT2D eigenvalue weighted by atomic mass is 9.83. The predicted molar refractivity (Wildman–Crippen MR) is 368 cm³/mol. The van der Waals surface area contributed by atoms with Crippen molar-refractivity contribution in [1.82, 2.24) is 40.7 Å². The number of ketones is 2. The average Bonchev–Trinajstić information content (AvgIpc) is 1.63. The number of hydrogen-bond donors (Lipinski definition) is 8. The van der Waals surface area contributed by atoms with E-state index in [1.165, 1.54) is 74.6 Å². The van der Waals surface area contributed by atoms with E-state index in [2.05, 4.69) is 36.2 Å². The van der Waals surface area contributed by atoms with Gasteiger partial charge in [-0.05, 0) is 87.3 Å². The number of carboxylic acid groups (broad SMARTS) is 1. The number of thioether (sulfide) groups is 1. The third-order valence-corrected chi connectivity index (χ3v) is 19.9. The van der Waals surface area contributed by atoms with E-state index in [1.54, 1.807) is 30.2 Å². The number of hydrogen-bond acceptors (Lipinski definition) is 22. The molecule has 29 heteroatoms. The minimum absolute atomic E-state index is 0.0149. The first-order chi connectivity index (χ1) is 47.1. The molecule has 13 atom stereocenters. The van der Waals surface area contributed by atoms with Crippen LogP contribution in [0.25, 0.3) is 0 Å². The van der Waals surface area contributed by atoms with Gasteiger partial charge in [-0.25, -0.2) is 24.5 Å². The molecular weight excluding hydrogens is 1320 g/mol. The van der Waals surface area contributed by atoms with Crippen molar-refractivity contribution in [2.75, 3.05) is 52.5 Å². The zero-order chi connectivity index (χ0) is 72.7. The molecule has 0 spiro atoms. The zero-order valence-corrected chi connectivity index (χ0v) is 60.0. The Hall–Kier alpha value is -7.51. The number of aromatic nitrogens is 3. The number of anilines is 1.